The second kappa shape index (κ2) is 8.87. The third kappa shape index (κ3) is 4.86. The summed E-state index contributed by atoms with van der Waals surface area (Å²) in [5, 5.41) is 4.95. The molecule has 6 nitrogen and oxygen atoms in total. The summed E-state index contributed by atoms with van der Waals surface area (Å²) in [4.78, 5) is 23.5. The second-order valence-corrected chi connectivity index (χ2v) is 6.39. The molecule has 0 spiro atoms. The zero-order valence-corrected chi connectivity index (χ0v) is 15.0. The first-order chi connectivity index (χ1) is 12.6. The summed E-state index contributed by atoms with van der Waals surface area (Å²) >= 11 is 6.15. The van der Waals surface area contributed by atoms with Crippen molar-refractivity contribution in [3.8, 4) is 5.75 Å². The van der Waals surface area contributed by atoms with Gasteiger partial charge in [-0.25, -0.2) is 4.79 Å². The van der Waals surface area contributed by atoms with Crippen molar-refractivity contribution in [2.75, 3.05) is 26.4 Å². The maximum Gasteiger partial charge on any atom is 0.344 e. The first-order valence-corrected chi connectivity index (χ1v) is 8.85. The number of carbonyl (C=O) groups excluding carboxylic acids is 2. The van der Waals surface area contributed by atoms with Gasteiger partial charge in [-0.2, -0.15) is 0 Å². The summed E-state index contributed by atoms with van der Waals surface area (Å²) in [6, 6.07) is 10.9. The molecule has 0 saturated carbocycles. The van der Waals surface area contributed by atoms with Gasteiger partial charge in [-0.1, -0.05) is 35.9 Å². The van der Waals surface area contributed by atoms with Gasteiger partial charge in [-0.3, -0.25) is 4.79 Å². The molecule has 1 amide bonds. The molecule has 0 aliphatic carbocycles. The molecule has 1 N–H and O–H groups in total. The lowest BCUT2D eigenvalue weighted by Gasteiger charge is -2.12. The number of esters is 1. The molecule has 3 rings (SSSR count). The highest BCUT2D eigenvalue weighted by Gasteiger charge is 2.17. The highest BCUT2D eigenvalue weighted by Crippen LogP contribution is 2.31. The van der Waals surface area contributed by atoms with Crippen LogP contribution in [0.4, 0.5) is 0 Å². The molecule has 1 atom stereocenters. The van der Waals surface area contributed by atoms with Crippen LogP contribution in [0.3, 0.4) is 0 Å². The van der Waals surface area contributed by atoms with Crippen LogP contribution in [0.2, 0.25) is 5.02 Å². The van der Waals surface area contributed by atoms with Crippen LogP contribution in [0.1, 0.15) is 12.8 Å². The topological polar surface area (TPSA) is 73.9 Å². The van der Waals surface area contributed by atoms with Crippen molar-refractivity contribution in [1.29, 1.82) is 0 Å². The Morgan fingerprint density at radius 2 is 1.96 bits per heavy atom. The van der Waals surface area contributed by atoms with Gasteiger partial charge in [0.15, 0.2) is 13.2 Å². The molecule has 1 aliphatic rings. The molecule has 2 aromatic carbocycles. The average molecular weight is 378 g/mol. The Morgan fingerprint density at radius 3 is 2.73 bits per heavy atom. The highest BCUT2D eigenvalue weighted by molar-refractivity contribution is 6.35. The second-order valence-electron chi connectivity index (χ2n) is 5.98. The number of rotatable bonds is 7. The van der Waals surface area contributed by atoms with Crippen LogP contribution >= 0.6 is 11.6 Å². The van der Waals surface area contributed by atoms with Gasteiger partial charge in [0.2, 0.25) is 0 Å². The fraction of sp³-hybridized carbons (Fsp3) is 0.368. The number of fused-ring (bicyclic) bond motifs is 1. The van der Waals surface area contributed by atoms with E-state index >= 15 is 0 Å². The van der Waals surface area contributed by atoms with Crippen molar-refractivity contribution in [3.63, 3.8) is 0 Å². The van der Waals surface area contributed by atoms with Crippen molar-refractivity contribution < 1.29 is 23.8 Å². The van der Waals surface area contributed by atoms with Crippen LogP contribution in [0.15, 0.2) is 36.4 Å². The van der Waals surface area contributed by atoms with E-state index in [1.54, 1.807) is 12.1 Å². The molecule has 0 unspecified atom stereocenters. The molecule has 26 heavy (non-hydrogen) atoms. The molecule has 1 aliphatic heterocycles. The van der Waals surface area contributed by atoms with E-state index in [0.29, 0.717) is 17.3 Å². The Morgan fingerprint density at radius 1 is 1.15 bits per heavy atom. The Kier molecular flexibility index (Phi) is 6.30. The number of halogens is 1. The normalized spacial score (nSPS) is 16.4. The number of ether oxygens (including phenoxy) is 3. The first kappa shape index (κ1) is 18.5. The number of hydrogen-bond donors (Lipinski definition) is 1. The summed E-state index contributed by atoms with van der Waals surface area (Å²) in [6.07, 6.45) is 1.99. The fourth-order valence-electron chi connectivity index (χ4n) is 2.77. The molecule has 0 aromatic heterocycles. The van der Waals surface area contributed by atoms with Crippen LogP contribution < -0.4 is 10.1 Å². The molecular formula is C19H20ClNO5. The minimum Gasteiger partial charge on any atom is -0.481 e. The molecule has 1 saturated heterocycles. The van der Waals surface area contributed by atoms with Crippen LogP contribution in [0.5, 0.6) is 5.75 Å². The maximum atomic E-state index is 11.8. The molecule has 2 aromatic rings. The van der Waals surface area contributed by atoms with Gasteiger partial charge in [-0.05, 0) is 25.0 Å². The Hall–Kier alpha value is -2.31. The zero-order valence-electron chi connectivity index (χ0n) is 14.2. The minimum absolute atomic E-state index is 0.0520. The van der Waals surface area contributed by atoms with E-state index in [1.165, 1.54) is 0 Å². The Labute approximate surface area is 156 Å². The van der Waals surface area contributed by atoms with Crippen LogP contribution in [-0.4, -0.2) is 44.3 Å². The third-order valence-electron chi connectivity index (χ3n) is 4.09. The number of amides is 1. The summed E-state index contributed by atoms with van der Waals surface area (Å²) in [6.45, 7) is 0.539. The van der Waals surface area contributed by atoms with Gasteiger partial charge < -0.3 is 19.5 Å². The lowest BCUT2D eigenvalue weighted by atomic mass is 10.1. The number of benzene rings is 2. The van der Waals surface area contributed by atoms with Crippen molar-refractivity contribution in [2.24, 2.45) is 0 Å². The summed E-state index contributed by atoms with van der Waals surface area (Å²) < 4.78 is 15.9. The van der Waals surface area contributed by atoms with Crippen LogP contribution in [0, 0.1) is 0 Å². The summed E-state index contributed by atoms with van der Waals surface area (Å²) in [5.74, 6) is -0.438. The van der Waals surface area contributed by atoms with Gasteiger partial charge in [-0.15, -0.1) is 0 Å². The lowest BCUT2D eigenvalue weighted by Crippen LogP contribution is -2.35. The van der Waals surface area contributed by atoms with E-state index in [-0.39, 0.29) is 25.2 Å². The van der Waals surface area contributed by atoms with E-state index in [9.17, 15) is 9.59 Å². The predicted octanol–water partition coefficient (Wildman–Crippen LogP) is 2.71. The smallest absolute Gasteiger partial charge is 0.344 e. The van der Waals surface area contributed by atoms with E-state index in [1.807, 2.05) is 24.3 Å². The molecule has 7 heteroatoms. The molecule has 138 valence electrons. The molecular weight excluding hydrogens is 358 g/mol. The van der Waals surface area contributed by atoms with Gasteiger partial charge >= 0.3 is 5.97 Å². The first-order valence-electron chi connectivity index (χ1n) is 8.47. The SMILES string of the molecule is O=C(COC(=O)COc1ccc(Cl)c2ccccc12)NC[C@@H]1CCCO1. The lowest BCUT2D eigenvalue weighted by molar-refractivity contribution is -0.150. The van der Waals surface area contributed by atoms with E-state index in [0.717, 1.165) is 30.2 Å². The number of carbonyl (C=O) groups is 2. The monoisotopic (exact) mass is 377 g/mol. The van der Waals surface area contributed by atoms with Gasteiger partial charge in [0.25, 0.3) is 5.91 Å². The predicted molar refractivity (Wildman–Crippen MR) is 97.4 cm³/mol. The van der Waals surface area contributed by atoms with Gasteiger partial charge in [0.1, 0.15) is 5.75 Å². The Bertz CT molecular complexity index is 789. The van der Waals surface area contributed by atoms with Crippen molar-refractivity contribution >= 4 is 34.2 Å². The quantitative estimate of drug-likeness (QED) is 0.751. The van der Waals surface area contributed by atoms with Gasteiger partial charge in [0.05, 0.1) is 6.10 Å². The third-order valence-corrected chi connectivity index (χ3v) is 4.42. The largest absolute Gasteiger partial charge is 0.481 e. The van der Waals surface area contributed by atoms with Crippen molar-refractivity contribution in [2.45, 2.75) is 18.9 Å². The summed E-state index contributed by atoms with van der Waals surface area (Å²) in [7, 11) is 0. The maximum absolute atomic E-state index is 11.8. The zero-order chi connectivity index (χ0) is 18.4. The van der Waals surface area contributed by atoms with Crippen molar-refractivity contribution in [3.05, 3.63) is 41.4 Å². The van der Waals surface area contributed by atoms with Crippen LogP contribution in [-0.2, 0) is 19.1 Å². The number of hydrogen-bond acceptors (Lipinski definition) is 5. The summed E-state index contributed by atoms with van der Waals surface area (Å²) in [5.41, 5.74) is 0. The van der Waals surface area contributed by atoms with E-state index < -0.39 is 5.97 Å². The standard InChI is InChI=1S/C19H20ClNO5/c20-16-7-8-17(15-6-2-1-5-14(15)16)25-12-19(23)26-11-18(22)21-10-13-4-3-9-24-13/h1-2,5-8,13H,3-4,9-12H2,(H,21,22)/t13-/m0/s1. The van der Waals surface area contributed by atoms with Crippen molar-refractivity contribution in [1.82, 2.24) is 5.32 Å². The molecule has 1 fully saturated rings. The molecule has 1 heterocycles. The average Bonchev–Trinajstić information content (AvgIpc) is 3.18. The minimum atomic E-state index is -0.615. The van der Waals surface area contributed by atoms with E-state index in [2.05, 4.69) is 5.32 Å². The van der Waals surface area contributed by atoms with E-state index in [4.69, 9.17) is 25.8 Å². The molecule has 0 bridgehead atoms. The van der Waals surface area contributed by atoms with Gasteiger partial charge in [0, 0.05) is 28.9 Å². The Balaban J connectivity index is 1.44. The van der Waals surface area contributed by atoms with Crippen LogP contribution in [0.25, 0.3) is 10.8 Å². The number of nitrogens with one attached hydrogen (secondary N) is 1. The highest BCUT2D eigenvalue weighted by atomic mass is 35.5. The molecule has 0 radical (unpaired) electrons. The fourth-order valence-corrected chi connectivity index (χ4v) is 3.00.